The van der Waals surface area contributed by atoms with Crippen molar-refractivity contribution in [1.29, 1.82) is 5.26 Å². The lowest BCUT2D eigenvalue weighted by Crippen LogP contribution is -1.93. The van der Waals surface area contributed by atoms with Crippen LogP contribution in [0.25, 0.3) is 20.7 Å². The summed E-state index contributed by atoms with van der Waals surface area (Å²) in [6, 6.07) is 8.28. The Morgan fingerprint density at radius 3 is 2.89 bits per heavy atom. The molecule has 0 aliphatic rings. The normalized spacial score (nSPS) is 10.8. The molecule has 0 aliphatic heterocycles. The minimum absolute atomic E-state index is 0.725. The van der Waals surface area contributed by atoms with Crippen molar-refractivity contribution in [3.63, 3.8) is 0 Å². The number of rotatable bonds is 1. The van der Waals surface area contributed by atoms with Crippen molar-refractivity contribution in [2.24, 2.45) is 7.05 Å². The maximum absolute atomic E-state index is 9.49. The van der Waals surface area contributed by atoms with Gasteiger partial charge in [0.15, 0.2) is 0 Å². The Labute approximate surface area is 136 Å². The quantitative estimate of drug-likeness (QED) is 0.518. The number of hydrogen-bond donors (Lipinski definition) is 0. The molecular weight excluding hydrogens is 437 g/mol. The molecule has 94 valence electrons. The largest absolute Gasteiger partial charge is 0.266 e. The molecule has 2 aromatic heterocycles. The number of halogens is 2. The highest BCUT2D eigenvalue weighted by atomic mass is 127. The summed E-state index contributed by atoms with van der Waals surface area (Å²) in [7, 11) is 1.90. The highest BCUT2D eigenvalue weighted by Crippen LogP contribution is 2.42. The van der Waals surface area contributed by atoms with Crippen molar-refractivity contribution < 1.29 is 0 Å². The van der Waals surface area contributed by atoms with Crippen LogP contribution >= 0.6 is 49.9 Å². The van der Waals surface area contributed by atoms with Gasteiger partial charge in [0.25, 0.3) is 0 Å². The number of hydrogen-bond acceptors (Lipinski definition) is 3. The van der Waals surface area contributed by atoms with Gasteiger partial charge in [0.05, 0.1) is 30.6 Å². The predicted octanol–water partition coefficient (Wildman–Crippen LogP) is 4.54. The van der Waals surface area contributed by atoms with E-state index in [0.29, 0.717) is 0 Å². The molecule has 0 fully saturated rings. The second-order valence-electron chi connectivity index (χ2n) is 4.00. The summed E-state index contributed by atoms with van der Waals surface area (Å²) in [4.78, 5) is 0.980. The van der Waals surface area contributed by atoms with Gasteiger partial charge in [0.1, 0.15) is 6.07 Å². The third kappa shape index (κ3) is 2.00. The van der Waals surface area contributed by atoms with Crippen LogP contribution in [0.2, 0.25) is 0 Å². The Balaban J connectivity index is 2.43. The lowest BCUT2D eigenvalue weighted by molar-refractivity contribution is 0.777. The number of benzene rings is 1. The van der Waals surface area contributed by atoms with Crippen molar-refractivity contribution in [2.75, 3.05) is 0 Å². The Hall–Kier alpha value is -0.910. The third-order valence-electron chi connectivity index (χ3n) is 2.89. The molecule has 0 saturated heterocycles. The minimum Gasteiger partial charge on any atom is -0.266 e. The van der Waals surface area contributed by atoms with Crippen LogP contribution in [0.4, 0.5) is 0 Å². The summed E-state index contributed by atoms with van der Waals surface area (Å²) in [5.41, 5.74) is 1.73. The van der Waals surface area contributed by atoms with E-state index in [0.717, 1.165) is 34.3 Å². The number of nitriles is 1. The Kier molecular flexibility index (Phi) is 3.37. The zero-order valence-electron chi connectivity index (χ0n) is 9.82. The van der Waals surface area contributed by atoms with Crippen LogP contribution < -0.4 is 0 Å². The second-order valence-corrected chi connectivity index (χ2v) is 7.04. The molecule has 0 N–H and O–H groups in total. The molecule has 19 heavy (non-hydrogen) atoms. The maximum Gasteiger partial charge on any atom is 0.101 e. The summed E-state index contributed by atoms with van der Waals surface area (Å²) in [6.07, 6.45) is 1.82. The first-order valence-electron chi connectivity index (χ1n) is 5.42. The minimum atomic E-state index is 0.725. The molecule has 3 nitrogen and oxygen atoms in total. The highest BCUT2D eigenvalue weighted by molar-refractivity contribution is 14.1. The van der Waals surface area contributed by atoms with Crippen LogP contribution in [0.15, 0.2) is 28.9 Å². The summed E-state index contributed by atoms with van der Waals surface area (Å²) in [6.45, 7) is 0. The van der Waals surface area contributed by atoms with Gasteiger partial charge >= 0.3 is 0 Å². The van der Waals surface area contributed by atoms with Gasteiger partial charge in [-0.1, -0.05) is 12.1 Å². The van der Waals surface area contributed by atoms with E-state index in [4.69, 9.17) is 0 Å². The number of thiophene rings is 1. The zero-order chi connectivity index (χ0) is 13.6. The van der Waals surface area contributed by atoms with E-state index in [2.05, 4.69) is 49.7 Å². The van der Waals surface area contributed by atoms with Crippen LogP contribution in [-0.2, 0) is 7.05 Å². The number of aryl methyl sites for hydroxylation is 1. The van der Waals surface area contributed by atoms with Crippen LogP contribution in [0, 0.1) is 14.9 Å². The van der Waals surface area contributed by atoms with Gasteiger partial charge in [0.2, 0.25) is 0 Å². The first-order valence-corrected chi connectivity index (χ1v) is 8.11. The summed E-state index contributed by atoms with van der Waals surface area (Å²) >= 11 is 7.43. The molecule has 0 saturated carbocycles. The first kappa shape index (κ1) is 13.1. The van der Waals surface area contributed by atoms with Gasteiger partial charge in [-0.05, 0) is 44.6 Å². The van der Waals surface area contributed by atoms with Gasteiger partial charge in [0, 0.05) is 16.9 Å². The van der Waals surface area contributed by atoms with E-state index in [9.17, 15) is 5.26 Å². The standard InChI is InChI=1S/C13H7BrIN3S/c1-18-11(10(15)6-17-18)13-8(5-16)7-3-2-4-9(14)12(7)19-13/h2-4,6H,1H3. The van der Waals surface area contributed by atoms with Gasteiger partial charge in [-0.15, -0.1) is 11.3 Å². The fourth-order valence-electron chi connectivity index (χ4n) is 2.03. The van der Waals surface area contributed by atoms with E-state index >= 15 is 0 Å². The molecule has 3 aromatic rings. The van der Waals surface area contributed by atoms with Crippen molar-refractivity contribution in [3.05, 3.63) is 38.0 Å². The highest BCUT2D eigenvalue weighted by Gasteiger charge is 2.19. The molecule has 6 heteroatoms. The fourth-order valence-corrected chi connectivity index (χ4v) is 4.81. The molecule has 0 amide bonds. The Morgan fingerprint density at radius 2 is 2.26 bits per heavy atom. The van der Waals surface area contributed by atoms with Gasteiger partial charge < -0.3 is 0 Å². The molecule has 0 unspecified atom stereocenters. The fraction of sp³-hybridized carbons (Fsp3) is 0.0769. The average molecular weight is 444 g/mol. The number of fused-ring (bicyclic) bond motifs is 1. The second kappa shape index (κ2) is 4.89. The van der Waals surface area contributed by atoms with Crippen molar-refractivity contribution in [3.8, 4) is 16.6 Å². The van der Waals surface area contributed by atoms with Crippen LogP contribution in [0.5, 0.6) is 0 Å². The van der Waals surface area contributed by atoms with E-state index in [1.807, 2.05) is 36.1 Å². The van der Waals surface area contributed by atoms with E-state index in [-0.39, 0.29) is 0 Å². The van der Waals surface area contributed by atoms with Crippen molar-refractivity contribution in [2.45, 2.75) is 0 Å². The smallest absolute Gasteiger partial charge is 0.101 e. The zero-order valence-corrected chi connectivity index (χ0v) is 14.4. The molecular formula is C13H7BrIN3S. The number of aromatic nitrogens is 2. The summed E-state index contributed by atoms with van der Waals surface area (Å²) < 4.78 is 5.00. The van der Waals surface area contributed by atoms with E-state index in [1.165, 1.54) is 0 Å². The lowest BCUT2D eigenvalue weighted by Gasteiger charge is -2.00. The van der Waals surface area contributed by atoms with Crippen LogP contribution in [-0.4, -0.2) is 9.78 Å². The molecule has 0 radical (unpaired) electrons. The first-order chi connectivity index (χ1) is 9.13. The van der Waals surface area contributed by atoms with Crippen LogP contribution in [0.1, 0.15) is 5.56 Å². The maximum atomic E-state index is 9.49. The SMILES string of the molecule is Cn1ncc(I)c1-c1sc2c(Br)cccc2c1C#N. The van der Waals surface area contributed by atoms with E-state index < -0.39 is 0 Å². The lowest BCUT2D eigenvalue weighted by atomic mass is 10.1. The van der Waals surface area contributed by atoms with Crippen molar-refractivity contribution in [1.82, 2.24) is 9.78 Å². The Morgan fingerprint density at radius 1 is 1.47 bits per heavy atom. The van der Waals surface area contributed by atoms with Crippen LogP contribution in [0.3, 0.4) is 0 Å². The topological polar surface area (TPSA) is 41.6 Å². The number of nitrogens with zero attached hydrogens (tertiary/aromatic N) is 3. The molecule has 0 bridgehead atoms. The average Bonchev–Trinajstić information content (AvgIpc) is 2.91. The molecule has 2 heterocycles. The molecule has 0 spiro atoms. The monoisotopic (exact) mass is 443 g/mol. The molecule has 1 aromatic carbocycles. The predicted molar refractivity (Wildman–Crippen MR) is 89.2 cm³/mol. The molecule has 3 rings (SSSR count). The molecule has 0 aliphatic carbocycles. The molecule has 0 atom stereocenters. The van der Waals surface area contributed by atoms with Gasteiger partial charge in [-0.25, -0.2) is 0 Å². The Bertz CT molecular complexity index is 809. The van der Waals surface area contributed by atoms with Gasteiger partial charge in [-0.2, -0.15) is 10.4 Å². The van der Waals surface area contributed by atoms with E-state index in [1.54, 1.807) is 11.3 Å². The van der Waals surface area contributed by atoms with Gasteiger partial charge in [-0.3, -0.25) is 4.68 Å². The summed E-state index contributed by atoms with van der Waals surface area (Å²) in [5.74, 6) is 0. The van der Waals surface area contributed by atoms with Crippen molar-refractivity contribution >= 4 is 59.9 Å². The third-order valence-corrected chi connectivity index (χ3v) is 5.85. The summed E-state index contributed by atoms with van der Waals surface area (Å²) in [5, 5.41) is 14.7.